The van der Waals surface area contributed by atoms with Crippen LogP contribution in [0.4, 0.5) is 0 Å². The van der Waals surface area contributed by atoms with Crippen LogP contribution in [0.25, 0.3) is 0 Å². The molecule has 4 nitrogen and oxygen atoms in total. The van der Waals surface area contributed by atoms with E-state index in [0.29, 0.717) is 12.4 Å². The highest BCUT2D eigenvalue weighted by atomic mass is 16.5. The van der Waals surface area contributed by atoms with E-state index in [0.717, 1.165) is 6.54 Å². The maximum atomic E-state index is 8.62. The van der Waals surface area contributed by atoms with Crippen LogP contribution in [0.15, 0.2) is 42.7 Å². The smallest absolute Gasteiger partial charge is 0.157 e. The highest BCUT2D eigenvalue weighted by Gasteiger charge is 1.99. The van der Waals surface area contributed by atoms with Gasteiger partial charge in [-0.1, -0.05) is 30.3 Å². The van der Waals surface area contributed by atoms with Gasteiger partial charge in [-0.05, 0) is 5.56 Å². The monoisotopic (exact) mass is 218 g/mol. The van der Waals surface area contributed by atoms with Gasteiger partial charge in [0.25, 0.3) is 0 Å². The van der Waals surface area contributed by atoms with Crippen LogP contribution in [-0.4, -0.2) is 28.1 Å². The van der Waals surface area contributed by atoms with Crippen molar-refractivity contribution >= 4 is 0 Å². The van der Waals surface area contributed by atoms with Crippen LogP contribution in [-0.2, 0) is 6.54 Å². The number of hydrogen-bond donors (Lipinski definition) is 1. The van der Waals surface area contributed by atoms with E-state index < -0.39 is 0 Å². The lowest BCUT2D eigenvalue weighted by Crippen LogP contribution is -2.01. The largest absolute Gasteiger partial charge is 0.488 e. The predicted octanol–water partition coefficient (Wildman–Crippen LogP) is 1.30. The van der Waals surface area contributed by atoms with Crippen molar-refractivity contribution in [2.45, 2.75) is 6.54 Å². The fraction of sp³-hybridized carbons (Fsp3) is 0.250. The number of nitrogens with zero attached hydrogens (tertiary/aromatic N) is 2. The number of aromatic nitrogens is 2. The van der Waals surface area contributed by atoms with Gasteiger partial charge in [-0.15, -0.1) is 0 Å². The Morgan fingerprint density at radius 3 is 2.81 bits per heavy atom. The Bertz CT molecular complexity index is 426. The molecule has 0 saturated heterocycles. The fourth-order valence-corrected chi connectivity index (χ4v) is 1.44. The highest BCUT2D eigenvalue weighted by Crippen LogP contribution is 2.09. The molecule has 0 unspecified atom stereocenters. The van der Waals surface area contributed by atoms with Crippen LogP contribution < -0.4 is 4.74 Å². The zero-order valence-corrected chi connectivity index (χ0v) is 8.91. The van der Waals surface area contributed by atoms with E-state index in [1.54, 1.807) is 6.20 Å². The van der Waals surface area contributed by atoms with Crippen LogP contribution in [0.1, 0.15) is 5.56 Å². The summed E-state index contributed by atoms with van der Waals surface area (Å²) in [5.74, 6) is 0.685. The van der Waals surface area contributed by atoms with Crippen molar-refractivity contribution in [1.82, 2.24) is 9.78 Å². The molecule has 0 radical (unpaired) electrons. The first kappa shape index (κ1) is 10.7. The van der Waals surface area contributed by atoms with Gasteiger partial charge < -0.3 is 9.84 Å². The summed E-state index contributed by atoms with van der Waals surface area (Å²) in [7, 11) is 0. The average molecular weight is 218 g/mol. The van der Waals surface area contributed by atoms with Gasteiger partial charge in [0.2, 0.25) is 0 Å². The van der Waals surface area contributed by atoms with E-state index in [1.165, 1.54) is 5.56 Å². The lowest BCUT2D eigenvalue weighted by Gasteiger charge is -2.01. The van der Waals surface area contributed by atoms with Crippen molar-refractivity contribution in [2.24, 2.45) is 0 Å². The molecule has 16 heavy (non-hydrogen) atoms. The predicted molar refractivity (Wildman–Crippen MR) is 60.4 cm³/mol. The summed E-state index contributed by atoms with van der Waals surface area (Å²) in [4.78, 5) is 0. The quantitative estimate of drug-likeness (QED) is 0.823. The Balaban J connectivity index is 1.97. The van der Waals surface area contributed by atoms with E-state index in [2.05, 4.69) is 17.2 Å². The van der Waals surface area contributed by atoms with Crippen molar-refractivity contribution in [2.75, 3.05) is 13.2 Å². The highest BCUT2D eigenvalue weighted by molar-refractivity contribution is 5.17. The van der Waals surface area contributed by atoms with Crippen LogP contribution in [0.3, 0.4) is 0 Å². The van der Waals surface area contributed by atoms with Gasteiger partial charge in [0.05, 0.1) is 25.5 Å². The zero-order chi connectivity index (χ0) is 11.2. The van der Waals surface area contributed by atoms with Crippen molar-refractivity contribution in [1.29, 1.82) is 0 Å². The summed E-state index contributed by atoms with van der Waals surface area (Å²) in [5, 5.41) is 12.8. The Morgan fingerprint density at radius 2 is 2.06 bits per heavy atom. The number of aliphatic hydroxyl groups excluding tert-OH is 1. The van der Waals surface area contributed by atoms with E-state index in [9.17, 15) is 0 Å². The summed E-state index contributed by atoms with van der Waals surface area (Å²) in [6.45, 7) is 1.05. The molecule has 0 spiro atoms. The molecule has 0 aliphatic heterocycles. The molecule has 4 heteroatoms. The molecule has 0 atom stereocenters. The van der Waals surface area contributed by atoms with Gasteiger partial charge in [-0.3, -0.25) is 4.68 Å². The normalized spacial score (nSPS) is 10.3. The standard InChI is InChI=1S/C12H14N2O2/c15-6-7-16-12-8-13-14(10-12)9-11-4-2-1-3-5-11/h1-5,8,10,15H,6-7,9H2. The molecule has 0 aliphatic carbocycles. The molecule has 0 aliphatic rings. The van der Waals surface area contributed by atoms with Gasteiger partial charge in [0.15, 0.2) is 5.75 Å². The summed E-state index contributed by atoms with van der Waals surface area (Å²) < 4.78 is 7.05. The molecule has 84 valence electrons. The van der Waals surface area contributed by atoms with Crippen molar-refractivity contribution < 1.29 is 9.84 Å². The Hall–Kier alpha value is -1.81. The fourth-order valence-electron chi connectivity index (χ4n) is 1.44. The molecule has 0 amide bonds. The molecular weight excluding hydrogens is 204 g/mol. The van der Waals surface area contributed by atoms with Crippen LogP contribution in [0, 0.1) is 0 Å². The second-order valence-corrected chi connectivity index (χ2v) is 3.43. The van der Waals surface area contributed by atoms with Crippen molar-refractivity contribution in [3.63, 3.8) is 0 Å². The topological polar surface area (TPSA) is 47.3 Å². The Labute approximate surface area is 94.1 Å². The minimum atomic E-state index is 0.0177. The molecule has 1 N–H and O–H groups in total. The molecule has 0 bridgehead atoms. The molecule has 2 rings (SSSR count). The zero-order valence-electron chi connectivity index (χ0n) is 8.91. The first-order valence-electron chi connectivity index (χ1n) is 5.18. The van der Waals surface area contributed by atoms with Gasteiger partial charge in [0, 0.05) is 0 Å². The number of aliphatic hydroxyl groups is 1. The van der Waals surface area contributed by atoms with Gasteiger partial charge >= 0.3 is 0 Å². The van der Waals surface area contributed by atoms with Gasteiger partial charge in [-0.25, -0.2) is 0 Å². The van der Waals surface area contributed by atoms with Crippen LogP contribution in [0.2, 0.25) is 0 Å². The van der Waals surface area contributed by atoms with Crippen LogP contribution in [0.5, 0.6) is 5.75 Å². The lowest BCUT2D eigenvalue weighted by atomic mass is 10.2. The third-order valence-corrected chi connectivity index (χ3v) is 2.16. The number of benzene rings is 1. The van der Waals surface area contributed by atoms with Gasteiger partial charge in [0.1, 0.15) is 6.61 Å². The van der Waals surface area contributed by atoms with Crippen molar-refractivity contribution in [3.05, 3.63) is 48.3 Å². The second-order valence-electron chi connectivity index (χ2n) is 3.43. The number of rotatable bonds is 5. The van der Waals surface area contributed by atoms with Crippen molar-refractivity contribution in [3.8, 4) is 5.75 Å². The maximum absolute atomic E-state index is 8.62. The maximum Gasteiger partial charge on any atom is 0.157 e. The second kappa shape index (κ2) is 5.32. The molecule has 1 heterocycles. The van der Waals surface area contributed by atoms with Gasteiger partial charge in [-0.2, -0.15) is 5.10 Å². The summed E-state index contributed by atoms with van der Waals surface area (Å²) in [5.41, 5.74) is 1.19. The molecule has 1 aromatic heterocycles. The first-order chi connectivity index (χ1) is 7.88. The first-order valence-corrected chi connectivity index (χ1v) is 5.18. The summed E-state index contributed by atoms with van der Waals surface area (Å²) >= 11 is 0. The molecule has 0 saturated carbocycles. The SMILES string of the molecule is OCCOc1cnn(Cc2ccccc2)c1. The minimum absolute atomic E-state index is 0.0177. The lowest BCUT2D eigenvalue weighted by molar-refractivity contribution is 0.201. The molecule has 1 aromatic carbocycles. The average Bonchev–Trinajstić information content (AvgIpc) is 2.75. The molecular formula is C12H14N2O2. The minimum Gasteiger partial charge on any atom is -0.488 e. The number of hydrogen-bond acceptors (Lipinski definition) is 3. The summed E-state index contributed by atoms with van der Waals surface area (Å²) in [6.07, 6.45) is 3.47. The van der Waals surface area contributed by atoms with E-state index in [4.69, 9.17) is 9.84 Å². The summed E-state index contributed by atoms with van der Waals surface area (Å²) in [6, 6.07) is 10.1. The van der Waals surface area contributed by atoms with Crippen LogP contribution >= 0.6 is 0 Å². The van der Waals surface area contributed by atoms with E-state index in [-0.39, 0.29) is 6.61 Å². The van der Waals surface area contributed by atoms with E-state index >= 15 is 0 Å². The third-order valence-electron chi connectivity index (χ3n) is 2.16. The number of ether oxygens (including phenoxy) is 1. The molecule has 2 aromatic rings. The third kappa shape index (κ3) is 2.84. The van der Waals surface area contributed by atoms with E-state index in [1.807, 2.05) is 29.1 Å². The molecule has 0 fully saturated rings. The Morgan fingerprint density at radius 1 is 1.25 bits per heavy atom. The Kier molecular flexibility index (Phi) is 3.56.